The third-order valence-electron chi connectivity index (χ3n) is 5.75. The van der Waals surface area contributed by atoms with E-state index in [9.17, 15) is 13.2 Å². The Morgan fingerprint density at radius 3 is 2.16 bits per heavy atom. The van der Waals surface area contributed by atoms with Crippen LogP contribution < -0.4 is 14.2 Å². The smallest absolute Gasteiger partial charge is 0.243 e. The summed E-state index contributed by atoms with van der Waals surface area (Å²) < 4.78 is 43.2. The number of benzene rings is 2. The van der Waals surface area contributed by atoms with E-state index < -0.39 is 10.0 Å². The Labute approximate surface area is 189 Å². The van der Waals surface area contributed by atoms with E-state index in [0.717, 1.165) is 11.3 Å². The zero-order valence-corrected chi connectivity index (χ0v) is 19.7. The van der Waals surface area contributed by atoms with Gasteiger partial charge in [-0.05, 0) is 42.7 Å². The van der Waals surface area contributed by atoms with Crippen molar-refractivity contribution in [2.75, 3.05) is 41.5 Å². The van der Waals surface area contributed by atoms with E-state index in [2.05, 4.69) is 0 Å². The predicted octanol–water partition coefficient (Wildman–Crippen LogP) is 2.77. The summed E-state index contributed by atoms with van der Waals surface area (Å²) in [5, 5.41) is 0. The van der Waals surface area contributed by atoms with E-state index >= 15 is 0 Å². The summed E-state index contributed by atoms with van der Waals surface area (Å²) in [6.45, 7) is 1.08. The zero-order chi connectivity index (χ0) is 23.3. The van der Waals surface area contributed by atoms with E-state index in [4.69, 9.17) is 14.2 Å². The quantitative estimate of drug-likeness (QED) is 0.600. The molecule has 0 aliphatic carbocycles. The lowest BCUT2D eigenvalue weighted by Crippen LogP contribution is -2.43. The van der Waals surface area contributed by atoms with Gasteiger partial charge in [0, 0.05) is 38.7 Å². The molecule has 0 aromatic heterocycles. The van der Waals surface area contributed by atoms with E-state index in [1.54, 1.807) is 25.1 Å². The van der Waals surface area contributed by atoms with Crippen molar-refractivity contribution in [1.29, 1.82) is 0 Å². The Balaban J connectivity index is 1.61. The number of carbonyl (C=O) groups excluding carboxylic acids is 1. The Morgan fingerprint density at radius 2 is 1.59 bits per heavy atom. The van der Waals surface area contributed by atoms with Crippen LogP contribution in [0.25, 0.3) is 0 Å². The molecule has 2 aromatic rings. The highest BCUT2D eigenvalue weighted by atomic mass is 32.2. The molecule has 0 saturated carbocycles. The van der Waals surface area contributed by atoms with Crippen LogP contribution in [0.1, 0.15) is 18.4 Å². The van der Waals surface area contributed by atoms with Crippen LogP contribution in [-0.2, 0) is 21.4 Å². The van der Waals surface area contributed by atoms with Crippen LogP contribution in [0.2, 0.25) is 0 Å². The Bertz CT molecular complexity index is 1030. The van der Waals surface area contributed by atoms with Crippen LogP contribution in [-0.4, -0.2) is 65.0 Å². The first kappa shape index (κ1) is 23.9. The first-order valence-corrected chi connectivity index (χ1v) is 11.8. The van der Waals surface area contributed by atoms with E-state index in [-0.39, 0.29) is 16.7 Å². The molecule has 1 aliphatic rings. The number of hydrogen-bond donors (Lipinski definition) is 0. The lowest BCUT2D eigenvalue weighted by atomic mass is 9.96. The third-order valence-corrected chi connectivity index (χ3v) is 7.65. The van der Waals surface area contributed by atoms with Crippen molar-refractivity contribution in [1.82, 2.24) is 9.21 Å². The number of piperidine rings is 1. The van der Waals surface area contributed by atoms with Crippen molar-refractivity contribution in [2.24, 2.45) is 5.92 Å². The normalized spacial score (nSPS) is 15.2. The van der Waals surface area contributed by atoms with Gasteiger partial charge in [-0.3, -0.25) is 4.79 Å². The number of ether oxygens (including phenoxy) is 3. The minimum Gasteiger partial charge on any atom is -0.497 e. The summed E-state index contributed by atoms with van der Waals surface area (Å²) in [5.41, 5.74) is 1.01. The highest BCUT2D eigenvalue weighted by Crippen LogP contribution is 2.32. The molecule has 0 N–H and O–H groups in total. The predicted molar refractivity (Wildman–Crippen MR) is 120 cm³/mol. The number of methoxy groups -OCH3 is 3. The van der Waals surface area contributed by atoms with Crippen molar-refractivity contribution in [3.05, 3.63) is 48.0 Å². The maximum Gasteiger partial charge on any atom is 0.243 e. The van der Waals surface area contributed by atoms with Gasteiger partial charge in [0.25, 0.3) is 0 Å². The van der Waals surface area contributed by atoms with Crippen LogP contribution >= 0.6 is 0 Å². The Hall–Kier alpha value is -2.78. The van der Waals surface area contributed by atoms with Crippen molar-refractivity contribution in [3.63, 3.8) is 0 Å². The van der Waals surface area contributed by atoms with Crippen LogP contribution in [0, 0.1) is 5.92 Å². The van der Waals surface area contributed by atoms with Gasteiger partial charge in [0.2, 0.25) is 15.9 Å². The number of sulfonamides is 1. The number of hydrogen-bond acceptors (Lipinski definition) is 6. The lowest BCUT2D eigenvalue weighted by molar-refractivity contribution is -0.135. The maximum atomic E-state index is 13.1. The zero-order valence-electron chi connectivity index (χ0n) is 18.9. The fourth-order valence-electron chi connectivity index (χ4n) is 3.86. The van der Waals surface area contributed by atoms with E-state index in [0.29, 0.717) is 44.0 Å². The van der Waals surface area contributed by atoms with Gasteiger partial charge in [-0.15, -0.1) is 0 Å². The molecule has 1 aliphatic heterocycles. The summed E-state index contributed by atoms with van der Waals surface area (Å²) in [6.07, 6.45) is 0.969. The summed E-state index contributed by atoms with van der Waals surface area (Å²) in [4.78, 5) is 14.8. The molecular weight excluding hydrogens is 432 g/mol. The largest absolute Gasteiger partial charge is 0.497 e. The van der Waals surface area contributed by atoms with Crippen molar-refractivity contribution in [3.8, 4) is 17.2 Å². The summed E-state index contributed by atoms with van der Waals surface area (Å²) in [6, 6.07) is 12.2. The number of nitrogens with zero attached hydrogens (tertiary/aromatic N) is 2. The molecule has 32 heavy (non-hydrogen) atoms. The van der Waals surface area contributed by atoms with E-state index in [1.807, 2.05) is 24.3 Å². The van der Waals surface area contributed by atoms with Crippen molar-refractivity contribution in [2.45, 2.75) is 24.3 Å². The SMILES string of the molecule is COc1ccc(CN(C)C(=O)C2CCN(S(=O)(=O)c3ccc(OC)c(OC)c3)CC2)cc1. The molecule has 8 nitrogen and oxygen atoms in total. The molecule has 0 radical (unpaired) electrons. The van der Waals surface area contributed by atoms with Crippen molar-refractivity contribution < 1.29 is 27.4 Å². The second-order valence-electron chi connectivity index (χ2n) is 7.74. The first-order valence-electron chi connectivity index (χ1n) is 10.4. The maximum absolute atomic E-state index is 13.1. The minimum absolute atomic E-state index is 0.0315. The summed E-state index contributed by atoms with van der Waals surface area (Å²) >= 11 is 0. The van der Waals surface area contributed by atoms with Gasteiger partial charge >= 0.3 is 0 Å². The van der Waals surface area contributed by atoms with Gasteiger partial charge in [0.1, 0.15) is 5.75 Å². The Kier molecular flexibility index (Phi) is 7.63. The van der Waals surface area contributed by atoms with Gasteiger partial charge in [0.05, 0.1) is 26.2 Å². The van der Waals surface area contributed by atoms with Crippen LogP contribution in [0.3, 0.4) is 0 Å². The molecule has 0 bridgehead atoms. The van der Waals surface area contributed by atoms with Gasteiger partial charge in [-0.2, -0.15) is 4.31 Å². The number of rotatable bonds is 8. The van der Waals surface area contributed by atoms with Gasteiger partial charge in [0.15, 0.2) is 11.5 Å². The summed E-state index contributed by atoms with van der Waals surface area (Å²) in [5.74, 6) is 1.43. The van der Waals surface area contributed by atoms with E-state index in [1.165, 1.54) is 30.7 Å². The number of carbonyl (C=O) groups is 1. The van der Waals surface area contributed by atoms with Crippen molar-refractivity contribution >= 4 is 15.9 Å². The third kappa shape index (κ3) is 5.16. The Morgan fingerprint density at radius 1 is 0.969 bits per heavy atom. The summed E-state index contributed by atoms with van der Waals surface area (Å²) in [7, 11) is 2.67. The highest BCUT2D eigenvalue weighted by molar-refractivity contribution is 7.89. The topological polar surface area (TPSA) is 85.4 Å². The lowest BCUT2D eigenvalue weighted by Gasteiger charge is -2.32. The van der Waals surface area contributed by atoms with Gasteiger partial charge in [-0.25, -0.2) is 8.42 Å². The highest BCUT2D eigenvalue weighted by Gasteiger charge is 2.33. The molecule has 0 atom stereocenters. The molecule has 1 heterocycles. The molecular formula is C23H30N2O6S. The monoisotopic (exact) mass is 462 g/mol. The molecule has 1 fully saturated rings. The molecule has 1 saturated heterocycles. The molecule has 0 spiro atoms. The van der Waals surface area contributed by atoms with Gasteiger partial charge in [-0.1, -0.05) is 12.1 Å². The second kappa shape index (κ2) is 10.2. The molecule has 174 valence electrons. The van der Waals surface area contributed by atoms with Crippen LogP contribution in [0.5, 0.6) is 17.2 Å². The van der Waals surface area contributed by atoms with Crippen LogP contribution in [0.4, 0.5) is 0 Å². The minimum atomic E-state index is -3.68. The van der Waals surface area contributed by atoms with Gasteiger partial charge < -0.3 is 19.1 Å². The average molecular weight is 463 g/mol. The molecule has 1 amide bonds. The molecule has 9 heteroatoms. The molecule has 3 rings (SSSR count). The average Bonchev–Trinajstić information content (AvgIpc) is 2.83. The first-order chi connectivity index (χ1) is 15.3. The standard InChI is InChI=1S/C23H30N2O6S/c1-24(16-17-5-7-19(29-2)8-6-17)23(26)18-11-13-25(14-12-18)32(27,28)20-9-10-21(30-3)22(15-20)31-4/h5-10,15,18H,11-14,16H2,1-4H3. The van der Waals surface area contributed by atoms with Crippen LogP contribution in [0.15, 0.2) is 47.4 Å². The fourth-order valence-corrected chi connectivity index (χ4v) is 5.35. The second-order valence-corrected chi connectivity index (χ2v) is 9.68. The molecule has 0 unspecified atom stereocenters. The fraction of sp³-hybridized carbons (Fsp3) is 0.435. The molecule has 2 aromatic carbocycles. The number of amides is 1.